The quantitative estimate of drug-likeness (QED) is 0.836. The first kappa shape index (κ1) is 12.8. The molecule has 3 heteroatoms. The van der Waals surface area contributed by atoms with Gasteiger partial charge < -0.3 is 0 Å². The Bertz CT molecular complexity index is 473. The van der Waals surface area contributed by atoms with Crippen LogP contribution in [0.5, 0.6) is 0 Å². The van der Waals surface area contributed by atoms with Crippen molar-refractivity contribution in [2.45, 2.75) is 11.4 Å². The molecular formula is C14H13BrOSe. The van der Waals surface area contributed by atoms with Crippen molar-refractivity contribution in [3.05, 3.63) is 64.6 Å². The molecule has 1 nitrogen and oxygen atoms in total. The fourth-order valence-corrected chi connectivity index (χ4v) is 3.92. The summed E-state index contributed by atoms with van der Waals surface area (Å²) >= 11 is 3.79. The van der Waals surface area contributed by atoms with Gasteiger partial charge in [-0.3, -0.25) is 0 Å². The molecule has 2 aromatic carbocycles. The maximum atomic E-state index is 10.1. The Kier molecular flexibility index (Phi) is 4.81. The fourth-order valence-electron chi connectivity index (χ4n) is 1.53. The third kappa shape index (κ3) is 3.68. The van der Waals surface area contributed by atoms with Crippen LogP contribution in [0.1, 0.15) is 11.7 Å². The van der Waals surface area contributed by atoms with Gasteiger partial charge in [0.25, 0.3) is 0 Å². The summed E-state index contributed by atoms with van der Waals surface area (Å²) in [4.78, 5) is 0. The second-order valence-electron chi connectivity index (χ2n) is 3.66. The van der Waals surface area contributed by atoms with Crippen LogP contribution in [0, 0.1) is 0 Å². The number of rotatable bonds is 4. The maximum absolute atomic E-state index is 10.1. The van der Waals surface area contributed by atoms with Crippen molar-refractivity contribution in [1.82, 2.24) is 0 Å². The number of hydrogen-bond acceptors (Lipinski definition) is 1. The number of halogens is 1. The molecule has 2 aromatic rings. The average molecular weight is 356 g/mol. The first-order valence-corrected chi connectivity index (χ1v) is 8.24. The monoisotopic (exact) mass is 356 g/mol. The van der Waals surface area contributed by atoms with Crippen LogP contribution in [0.4, 0.5) is 0 Å². The molecule has 88 valence electrons. The van der Waals surface area contributed by atoms with Crippen molar-refractivity contribution >= 4 is 35.3 Å². The molecule has 0 aliphatic heterocycles. The topological polar surface area (TPSA) is 20.2 Å². The summed E-state index contributed by atoms with van der Waals surface area (Å²) in [6.45, 7) is 0. The summed E-state index contributed by atoms with van der Waals surface area (Å²) in [5.74, 6) is 0. The van der Waals surface area contributed by atoms with Gasteiger partial charge in [0.2, 0.25) is 0 Å². The molecule has 1 N–H and O–H groups in total. The molecule has 2 rings (SSSR count). The van der Waals surface area contributed by atoms with E-state index in [4.69, 9.17) is 0 Å². The van der Waals surface area contributed by atoms with Crippen LogP contribution < -0.4 is 4.46 Å². The summed E-state index contributed by atoms with van der Waals surface area (Å²) in [5, 5.41) is 11.0. The van der Waals surface area contributed by atoms with Gasteiger partial charge in [0.05, 0.1) is 0 Å². The molecule has 1 unspecified atom stereocenters. The molecule has 0 bridgehead atoms. The predicted octanol–water partition coefficient (Wildman–Crippen LogP) is 2.93. The van der Waals surface area contributed by atoms with E-state index in [1.807, 2.05) is 42.5 Å². The van der Waals surface area contributed by atoms with Crippen molar-refractivity contribution in [3.63, 3.8) is 0 Å². The van der Waals surface area contributed by atoms with Gasteiger partial charge in [-0.2, -0.15) is 0 Å². The third-order valence-corrected chi connectivity index (χ3v) is 5.42. The van der Waals surface area contributed by atoms with E-state index in [0.29, 0.717) is 15.0 Å². The predicted molar refractivity (Wildman–Crippen MR) is 75.7 cm³/mol. The molecular weight excluding hydrogens is 343 g/mol. The van der Waals surface area contributed by atoms with Crippen LogP contribution in [-0.2, 0) is 0 Å². The third-order valence-electron chi connectivity index (χ3n) is 2.42. The molecule has 0 heterocycles. The summed E-state index contributed by atoms with van der Waals surface area (Å²) in [5.41, 5.74) is 0.977. The summed E-state index contributed by atoms with van der Waals surface area (Å²) < 4.78 is 2.31. The van der Waals surface area contributed by atoms with Crippen LogP contribution in [0.25, 0.3) is 0 Å². The second kappa shape index (κ2) is 6.36. The minimum absolute atomic E-state index is 0.315. The van der Waals surface area contributed by atoms with E-state index < -0.39 is 0 Å². The summed E-state index contributed by atoms with van der Waals surface area (Å²) in [6, 6.07) is 18.2. The van der Waals surface area contributed by atoms with E-state index >= 15 is 0 Å². The number of aliphatic hydroxyl groups is 1. The SMILES string of the molecule is OC(C[Se]c1ccccc1)c1ccccc1Br. The van der Waals surface area contributed by atoms with E-state index in [1.54, 1.807) is 0 Å². The molecule has 1 atom stereocenters. The van der Waals surface area contributed by atoms with Gasteiger partial charge in [0.1, 0.15) is 0 Å². The zero-order chi connectivity index (χ0) is 12.1. The minimum atomic E-state index is -0.384. The Morgan fingerprint density at radius 3 is 2.35 bits per heavy atom. The molecule has 17 heavy (non-hydrogen) atoms. The normalized spacial score (nSPS) is 12.4. The summed E-state index contributed by atoms with van der Waals surface area (Å²) in [6.07, 6.45) is -0.384. The van der Waals surface area contributed by atoms with Gasteiger partial charge in [-0.05, 0) is 0 Å². The van der Waals surface area contributed by atoms with Crippen molar-refractivity contribution in [3.8, 4) is 0 Å². The van der Waals surface area contributed by atoms with Crippen LogP contribution in [0.3, 0.4) is 0 Å². The van der Waals surface area contributed by atoms with E-state index in [2.05, 4.69) is 28.1 Å². The zero-order valence-electron chi connectivity index (χ0n) is 9.21. The van der Waals surface area contributed by atoms with Gasteiger partial charge >= 0.3 is 117 Å². The molecule has 0 amide bonds. The van der Waals surface area contributed by atoms with Crippen LogP contribution in [0.15, 0.2) is 59.1 Å². The van der Waals surface area contributed by atoms with E-state index in [-0.39, 0.29) is 6.10 Å². The van der Waals surface area contributed by atoms with E-state index in [1.165, 1.54) is 4.46 Å². The van der Waals surface area contributed by atoms with E-state index in [9.17, 15) is 5.11 Å². The van der Waals surface area contributed by atoms with E-state index in [0.717, 1.165) is 15.4 Å². The van der Waals surface area contributed by atoms with Crippen LogP contribution in [0.2, 0.25) is 5.32 Å². The Balaban J connectivity index is 1.99. The Labute approximate surface area is 116 Å². The first-order valence-electron chi connectivity index (χ1n) is 5.37. The van der Waals surface area contributed by atoms with Crippen molar-refractivity contribution in [2.75, 3.05) is 0 Å². The molecule has 0 spiro atoms. The Morgan fingerprint density at radius 1 is 1.00 bits per heavy atom. The Morgan fingerprint density at radius 2 is 1.65 bits per heavy atom. The first-order chi connectivity index (χ1) is 8.27. The Hall–Kier alpha value is -0.601. The van der Waals surface area contributed by atoms with Gasteiger partial charge in [-0.1, -0.05) is 0 Å². The van der Waals surface area contributed by atoms with Gasteiger partial charge in [0.15, 0.2) is 0 Å². The molecule has 0 aliphatic rings. The number of benzene rings is 2. The van der Waals surface area contributed by atoms with Crippen molar-refractivity contribution < 1.29 is 5.11 Å². The molecule has 0 fully saturated rings. The van der Waals surface area contributed by atoms with Gasteiger partial charge in [0, 0.05) is 0 Å². The zero-order valence-corrected chi connectivity index (χ0v) is 12.5. The molecule has 0 aliphatic carbocycles. The summed E-state index contributed by atoms with van der Waals surface area (Å²) in [7, 11) is 0. The number of hydrogen-bond donors (Lipinski definition) is 1. The number of aliphatic hydroxyl groups excluding tert-OH is 1. The van der Waals surface area contributed by atoms with Crippen LogP contribution in [-0.4, -0.2) is 20.1 Å². The fraction of sp³-hybridized carbons (Fsp3) is 0.143. The molecule has 0 radical (unpaired) electrons. The molecule has 0 saturated carbocycles. The molecule has 0 aromatic heterocycles. The van der Waals surface area contributed by atoms with Gasteiger partial charge in [-0.25, -0.2) is 0 Å². The van der Waals surface area contributed by atoms with Gasteiger partial charge in [-0.15, -0.1) is 0 Å². The van der Waals surface area contributed by atoms with Crippen molar-refractivity contribution in [2.24, 2.45) is 0 Å². The standard InChI is InChI=1S/C14H13BrOSe/c15-13-9-5-4-8-12(13)14(16)10-17-11-6-2-1-3-7-11/h1-9,14,16H,10H2. The molecule has 0 saturated heterocycles. The average Bonchev–Trinajstić information content (AvgIpc) is 2.38. The second-order valence-corrected chi connectivity index (χ2v) is 6.81. The van der Waals surface area contributed by atoms with Crippen LogP contribution >= 0.6 is 15.9 Å². The van der Waals surface area contributed by atoms with Crippen molar-refractivity contribution in [1.29, 1.82) is 0 Å².